The minimum absolute atomic E-state index is 0.0459. The SMILES string of the molecule is CCc1ccc(C(=O)O)c(C)c1C(=O)O.Nc1ccc(C=Cc2ccccc2)cc1N. The summed E-state index contributed by atoms with van der Waals surface area (Å²) in [5.74, 6) is -2.18. The number of rotatable bonds is 5. The van der Waals surface area contributed by atoms with Crippen LogP contribution in [0.1, 0.15) is 49.9 Å². The van der Waals surface area contributed by atoms with Gasteiger partial charge >= 0.3 is 11.9 Å². The van der Waals surface area contributed by atoms with E-state index >= 15 is 0 Å². The van der Waals surface area contributed by atoms with Crippen LogP contribution in [0.25, 0.3) is 12.2 Å². The lowest BCUT2D eigenvalue weighted by Gasteiger charge is -2.09. The minimum atomic E-state index is -1.10. The van der Waals surface area contributed by atoms with Crippen LogP contribution in [0.4, 0.5) is 11.4 Å². The second-order valence-corrected chi connectivity index (χ2v) is 6.87. The second-order valence-electron chi connectivity index (χ2n) is 6.87. The maximum atomic E-state index is 11.0. The molecule has 0 amide bonds. The van der Waals surface area contributed by atoms with E-state index in [0.717, 1.165) is 11.1 Å². The number of nitrogens with two attached hydrogens (primary N) is 2. The van der Waals surface area contributed by atoms with Crippen molar-refractivity contribution >= 4 is 35.5 Å². The van der Waals surface area contributed by atoms with Crippen LogP contribution in [-0.2, 0) is 6.42 Å². The Hall–Kier alpha value is -4.06. The van der Waals surface area contributed by atoms with E-state index in [9.17, 15) is 9.59 Å². The van der Waals surface area contributed by atoms with Crippen molar-refractivity contribution in [1.29, 1.82) is 0 Å². The predicted octanol–water partition coefficient (Wildman–Crippen LogP) is 4.98. The zero-order valence-electron chi connectivity index (χ0n) is 17.5. The first-order chi connectivity index (χ1) is 14.7. The van der Waals surface area contributed by atoms with Crippen molar-refractivity contribution < 1.29 is 19.8 Å². The third-order valence-electron chi connectivity index (χ3n) is 4.76. The van der Waals surface area contributed by atoms with Crippen LogP contribution >= 0.6 is 0 Å². The van der Waals surface area contributed by atoms with Gasteiger partial charge in [0.25, 0.3) is 0 Å². The number of carboxylic acid groups (broad SMARTS) is 2. The molecule has 0 saturated carbocycles. The van der Waals surface area contributed by atoms with E-state index in [-0.39, 0.29) is 11.1 Å². The van der Waals surface area contributed by atoms with Gasteiger partial charge in [-0.2, -0.15) is 0 Å². The number of carbonyl (C=O) groups is 2. The zero-order valence-corrected chi connectivity index (χ0v) is 17.5. The van der Waals surface area contributed by atoms with Crippen LogP contribution in [0.5, 0.6) is 0 Å². The van der Waals surface area contributed by atoms with Gasteiger partial charge in [-0.15, -0.1) is 0 Å². The predicted molar refractivity (Wildman–Crippen MR) is 125 cm³/mol. The average Bonchev–Trinajstić information content (AvgIpc) is 2.75. The fourth-order valence-corrected chi connectivity index (χ4v) is 3.05. The molecule has 0 aliphatic rings. The molecule has 6 nitrogen and oxygen atoms in total. The van der Waals surface area contributed by atoms with E-state index < -0.39 is 11.9 Å². The van der Waals surface area contributed by atoms with Gasteiger partial charge in [-0.05, 0) is 53.8 Å². The Labute approximate surface area is 181 Å². The Morgan fingerprint density at radius 3 is 2.03 bits per heavy atom. The van der Waals surface area contributed by atoms with Crippen molar-refractivity contribution in [3.8, 4) is 0 Å². The highest BCUT2D eigenvalue weighted by Crippen LogP contribution is 2.20. The fourth-order valence-electron chi connectivity index (χ4n) is 3.05. The van der Waals surface area contributed by atoms with Crippen molar-refractivity contribution in [2.24, 2.45) is 0 Å². The molecular weight excluding hydrogens is 392 g/mol. The Balaban J connectivity index is 0.000000221. The summed E-state index contributed by atoms with van der Waals surface area (Å²) >= 11 is 0. The first-order valence-corrected chi connectivity index (χ1v) is 9.71. The van der Waals surface area contributed by atoms with Crippen LogP contribution in [-0.4, -0.2) is 22.2 Å². The van der Waals surface area contributed by atoms with E-state index in [1.807, 2.05) is 55.5 Å². The number of anilines is 2. The molecule has 0 fully saturated rings. The summed E-state index contributed by atoms with van der Waals surface area (Å²) in [5.41, 5.74) is 16.0. The van der Waals surface area contributed by atoms with Crippen LogP contribution in [0.15, 0.2) is 60.7 Å². The molecule has 0 aliphatic carbocycles. The molecule has 6 heteroatoms. The summed E-state index contributed by atoms with van der Waals surface area (Å²) in [7, 11) is 0. The summed E-state index contributed by atoms with van der Waals surface area (Å²) in [6.07, 6.45) is 4.64. The van der Waals surface area contributed by atoms with Crippen LogP contribution in [0.3, 0.4) is 0 Å². The number of carboxylic acids is 2. The van der Waals surface area contributed by atoms with Gasteiger partial charge in [0.2, 0.25) is 0 Å². The fraction of sp³-hybridized carbons (Fsp3) is 0.120. The van der Waals surface area contributed by atoms with Gasteiger partial charge in [0.05, 0.1) is 22.5 Å². The average molecular weight is 418 g/mol. The smallest absolute Gasteiger partial charge is 0.336 e. The topological polar surface area (TPSA) is 127 Å². The molecule has 0 aromatic heterocycles. The third-order valence-corrected chi connectivity index (χ3v) is 4.76. The van der Waals surface area contributed by atoms with Crippen molar-refractivity contribution in [2.45, 2.75) is 20.3 Å². The Morgan fingerprint density at radius 2 is 1.48 bits per heavy atom. The molecule has 6 N–H and O–H groups in total. The molecule has 3 aromatic carbocycles. The normalized spacial score (nSPS) is 10.4. The summed E-state index contributed by atoms with van der Waals surface area (Å²) in [5, 5.41) is 17.8. The molecule has 0 heterocycles. The highest BCUT2D eigenvalue weighted by atomic mass is 16.4. The summed E-state index contributed by atoms with van der Waals surface area (Å²) in [6.45, 7) is 3.35. The van der Waals surface area contributed by atoms with E-state index in [2.05, 4.69) is 12.1 Å². The van der Waals surface area contributed by atoms with E-state index in [4.69, 9.17) is 21.7 Å². The number of aromatic carboxylic acids is 2. The summed E-state index contributed by atoms with van der Waals surface area (Å²) in [6, 6.07) is 18.8. The minimum Gasteiger partial charge on any atom is -0.478 e. The van der Waals surface area contributed by atoms with Gasteiger partial charge < -0.3 is 21.7 Å². The lowest BCUT2D eigenvalue weighted by atomic mass is 9.95. The van der Waals surface area contributed by atoms with Crippen molar-refractivity contribution in [2.75, 3.05) is 11.5 Å². The number of benzene rings is 3. The largest absolute Gasteiger partial charge is 0.478 e. The third kappa shape index (κ3) is 6.21. The van der Waals surface area contributed by atoms with Gasteiger partial charge in [0.1, 0.15) is 0 Å². The van der Waals surface area contributed by atoms with Crippen molar-refractivity contribution in [3.63, 3.8) is 0 Å². The standard InChI is InChI=1S/C14H14N2.C11H12O4/c15-13-9-8-12(10-14(13)16)7-6-11-4-2-1-3-5-11;1-3-7-4-5-8(10(12)13)6(2)9(7)11(14)15/h1-10H,15-16H2;4-5H,3H2,1-2H3,(H,12,13)(H,14,15). The molecule has 3 aromatic rings. The van der Waals surface area contributed by atoms with E-state index in [0.29, 0.717) is 28.9 Å². The van der Waals surface area contributed by atoms with Crippen molar-refractivity contribution in [1.82, 2.24) is 0 Å². The highest BCUT2D eigenvalue weighted by molar-refractivity contribution is 5.97. The van der Waals surface area contributed by atoms with Gasteiger partial charge in [-0.3, -0.25) is 0 Å². The Bertz CT molecular complexity index is 1110. The molecule has 0 aliphatic heterocycles. The van der Waals surface area contributed by atoms with E-state index in [1.165, 1.54) is 13.0 Å². The van der Waals surface area contributed by atoms with Gasteiger partial charge in [0, 0.05) is 0 Å². The highest BCUT2D eigenvalue weighted by Gasteiger charge is 2.18. The summed E-state index contributed by atoms with van der Waals surface area (Å²) in [4.78, 5) is 21.8. The molecule has 0 saturated heterocycles. The maximum absolute atomic E-state index is 11.0. The van der Waals surface area contributed by atoms with Crippen molar-refractivity contribution in [3.05, 3.63) is 94.0 Å². The summed E-state index contributed by atoms with van der Waals surface area (Å²) < 4.78 is 0. The number of nitrogen functional groups attached to an aromatic ring is 2. The molecule has 0 radical (unpaired) electrons. The second kappa shape index (κ2) is 10.6. The first-order valence-electron chi connectivity index (χ1n) is 9.71. The van der Waals surface area contributed by atoms with Gasteiger partial charge in [0.15, 0.2) is 0 Å². The molecule has 0 unspecified atom stereocenters. The Morgan fingerprint density at radius 1 is 0.839 bits per heavy atom. The quantitative estimate of drug-likeness (QED) is 0.342. The molecule has 160 valence electrons. The molecule has 0 atom stereocenters. The lowest BCUT2D eigenvalue weighted by molar-refractivity contribution is 0.0695. The number of aryl methyl sites for hydroxylation is 1. The maximum Gasteiger partial charge on any atom is 0.336 e. The first kappa shape index (κ1) is 23.2. The molecule has 31 heavy (non-hydrogen) atoms. The molecule has 0 bridgehead atoms. The molecule has 3 rings (SSSR count). The molecule has 0 spiro atoms. The molecular formula is C25H26N2O4. The van der Waals surface area contributed by atoms with Crippen LogP contribution in [0, 0.1) is 6.92 Å². The zero-order chi connectivity index (χ0) is 23.0. The Kier molecular flexibility index (Phi) is 7.97. The number of hydrogen-bond donors (Lipinski definition) is 4. The monoisotopic (exact) mass is 418 g/mol. The van der Waals surface area contributed by atoms with Crippen LogP contribution in [0.2, 0.25) is 0 Å². The van der Waals surface area contributed by atoms with Gasteiger partial charge in [-0.25, -0.2) is 9.59 Å². The lowest BCUT2D eigenvalue weighted by Crippen LogP contribution is -2.10. The van der Waals surface area contributed by atoms with Crippen LogP contribution < -0.4 is 11.5 Å². The van der Waals surface area contributed by atoms with E-state index in [1.54, 1.807) is 6.07 Å². The number of hydrogen-bond acceptors (Lipinski definition) is 4. The van der Waals surface area contributed by atoms with Gasteiger partial charge in [-0.1, -0.05) is 61.5 Å².